The molecule has 2 aromatic rings. The minimum Gasteiger partial charge on any atom is -0.363 e. The number of aryl methyl sites for hydroxylation is 2. The SMILES string of the molecule is Cc1cc(F)ccc1C(CN)N1CCCc2ccccc21. The number of benzene rings is 2. The van der Waals surface area contributed by atoms with Gasteiger partial charge in [0.2, 0.25) is 0 Å². The van der Waals surface area contributed by atoms with Crippen molar-refractivity contribution in [1.82, 2.24) is 0 Å². The average Bonchev–Trinajstić information content (AvgIpc) is 2.50. The fourth-order valence-corrected chi connectivity index (χ4v) is 3.32. The van der Waals surface area contributed by atoms with Gasteiger partial charge >= 0.3 is 0 Å². The number of nitrogens with zero attached hydrogens (tertiary/aromatic N) is 1. The Labute approximate surface area is 125 Å². The average molecular weight is 284 g/mol. The molecular formula is C18H21FN2. The van der Waals surface area contributed by atoms with Crippen LogP contribution in [0.3, 0.4) is 0 Å². The van der Waals surface area contributed by atoms with E-state index in [2.05, 4.69) is 29.2 Å². The normalized spacial score (nSPS) is 15.7. The van der Waals surface area contributed by atoms with Gasteiger partial charge in [0.05, 0.1) is 6.04 Å². The van der Waals surface area contributed by atoms with Crippen molar-refractivity contribution in [2.45, 2.75) is 25.8 Å². The Kier molecular flexibility index (Phi) is 3.93. The Morgan fingerprint density at radius 2 is 2.05 bits per heavy atom. The van der Waals surface area contributed by atoms with Crippen LogP contribution in [0.25, 0.3) is 0 Å². The van der Waals surface area contributed by atoms with Crippen molar-refractivity contribution in [2.75, 3.05) is 18.0 Å². The lowest BCUT2D eigenvalue weighted by atomic mass is 9.95. The molecule has 1 atom stereocenters. The molecule has 0 amide bonds. The maximum absolute atomic E-state index is 13.4. The molecule has 0 bridgehead atoms. The smallest absolute Gasteiger partial charge is 0.123 e. The molecule has 0 saturated heterocycles. The molecular weight excluding hydrogens is 263 g/mol. The summed E-state index contributed by atoms with van der Waals surface area (Å²) in [5.41, 5.74) is 10.8. The molecule has 2 N–H and O–H groups in total. The maximum Gasteiger partial charge on any atom is 0.123 e. The zero-order valence-electron chi connectivity index (χ0n) is 12.3. The van der Waals surface area contributed by atoms with E-state index in [1.807, 2.05) is 13.0 Å². The first-order chi connectivity index (χ1) is 10.2. The molecule has 3 heteroatoms. The number of hydrogen-bond donors (Lipinski definition) is 1. The van der Waals surface area contributed by atoms with Crippen LogP contribution in [0.4, 0.5) is 10.1 Å². The van der Waals surface area contributed by atoms with E-state index in [0.29, 0.717) is 6.54 Å². The fraction of sp³-hybridized carbons (Fsp3) is 0.333. The summed E-state index contributed by atoms with van der Waals surface area (Å²) in [4.78, 5) is 2.37. The summed E-state index contributed by atoms with van der Waals surface area (Å²) in [6, 6.07) is 13.6. The highest BCUT2D eigenvalue weighted by Crippen LogP contribution is 2.34. The number of rotatable bonds is 3. The Morgan fingerprint density at radius 3 is 2.81 bits per heavy atom. The van der Waals surface area contributed by atoms with E-state index in [9.17, 15) is 4.39 Å². The van der Waals surface area contributed by atoms with Crippen molar-refractivity contribution in [3.8, 4) is 0 Å². The Bertz CT molecular complexity index is 639. The molecule has 1 unspecified atom stereocenters. The van der Waals surface area contributed by atoms with Crippen LogP contribution in [-0.4, -0.2) is 13.1 Å². The molecule has 1 aliphatic heterocycles. The highest BCUT2D eigenvalue weighted by molar-refractivity contribution is 5.57. The van der Waals surface area contributed by atoms with Crippen LogP contribution in [0.15, 0.2) is 42.5 Å². The lowest BCUT2D eigenvalue weighted by molar-refractivity contribution is 0.581. The van der Waals surface area contributed by atoms with Crippen molar-refractivity contribution in [2.24, 2.45) is 5.73 Å². The second-order valence-electron chi connectivity index (χ2n) is 5.68. The Hall–Kier alpha value is -1.87. The first kappa shape index (κ1) is 14.1. The van der Waals surface area contributed by atoms with Gasteiger partial charge in [-0.1, -0.05) is 24.3 Å². The van der Waals surface area contributed by atoms with Gasteiger partial charge in [0.25, 0.3) is 0 Å². The lowest BCUT2D eigenvalue weighted by Crippen LogP contribution is -2.37. The predicted octanol–water partition coefficient (Wildman–Crippen LogP) is 3.59. The molecule has 1 heterocycles. The van der Waals surface area contributed by atoms with Gasteiger partial charge in [-0.3, -0.25) is 0 Å². The second kappa shape index (κ2) is 5.86. The highest BCUT2D eigenvalue weighted by Gasteiger charge is 2.25. The van der Waals surface area contributed by atoms with Crippen LogP contribution in [0.5, 0.6) is 0 Å². The van der Waals surface area contributed by atoms with Crippen LogP contribution < -0.4 is 10.6 Å². The molecule has 0 radical (unpaired) electrons. The number of anilines is 1. The van der Waals surface area contributed by atoms with Gasteiger partial charge in [0.15, 0.2) is 0 Å². The van der Waals surface area contributed by atoms with Crippen LogP contribution in [0.2, 0.25) is 0 Å². The summed E-state index contributed by atoms with van der Waals surface area (Å²) in [7, 11) is 0. The largest absolute Gasteiger partial charge is 0.363 e. The summed E-state index contributed by atoms with van der Waals surface area (Å²) >= 11 is 0. The monoisotopic (exact) mass is 284 g/mol. The van der Waals surface area contributed by atoms with Crippen LogP contribution in [-0.2, 0) is 6.42 Å². The molecule has 0 spiro atoms. The number of fused-ring (bicyclic) bond motifs is 1. The van der Waals surface area contributed by atoms with Gasteiger partial charge in [-0.2, -0.15) is 0 Å². The van der Waals surface area contributed by atoms with E-state index in [1.165, 1.54) is 17.3 Å². The van der Waals surface area contributed by atoms with Crippen molar-refractivity contribution < 1.29 is 4.39 Å². The van der Waals surface area contributed by atoms with E-state index in [1.54, 1.807) is 6.07 Å². The van der Waals surface area contributed by atoms with Crippen molar-refractivity contribution in [1.29, 1.82) is 0 Å². The molecule has 2 nitrogen and oxygen atoms in total. The van der Waals surface area contributed by atoms with E-state index in [4.69, 9.17) is 5.73 Å². The zero-order chi connectivity index (χ0) is 14.8. The van der Waals surface area contributed by atoms with Crippen LogP contribution in [0.1, 0.15) is 29.2 Å². The van der Waals surface area contributed by atoms with Gasteiger partial charge in [0, 0.05) is 18.8 Å². The summed E-state index contributed by atoms with van der Waals surface area (Å²) in [6.45, 7) is 3.48. The predicted molar refractivity (Wildman–Crippen MR) is 85.0 cm³/mol. The third kappa shape index (κ3) is 2.66. The summed E-state index contributed by atoms with van der Waals surface area (Å²) in [5, 5.41) is 0. The van der Waals surface area contributed by atoms with Gasteiger partial charge in [0.1, 0.15) is 5.82 Å². The third-order valence-corrected chi connectivity index (χ3v) is 4.34. The Morgan fingerprint density at radius 1 is 1.24 bits per heavy atom. The minimum absolute atomic E-state index is 0.104. The van der Waals surface area contributed by atoms with E-state index < -0.39 is 0 Å². The van der Waals surface area contributed by atoms with E-state index in [0.717, 1.165) is 30.5 Å². The number of nitrogens with two attached hydrogens (primary N) is 1. The summed E-state index contributed by atoms with van der Waals surface area (Å²) in [6.07, 6.45) is 2.25. The van der Waals surface area contributed by atoms with Crippen molar-refractivity contribution >= 4 is 5.69 Å². The quantitative estimate of drug-likeness (QED) is 0.933. The molecule has 0 aliphatic carbocycles. The Balaban J connectivity index is 2.01. The third-order valence-electron chi connectivity index (χ3n) is 4.34. The second-order valence-corrected chi connectivity index (χ2v) is 5.68. The molecule has 3 rings (SSSR count). The summed E-state index contributed by atoms with van der Waals surface area (Å²) in [5.74, 6) is -0.189. The van der Waals surface area contributed by atoms with E-state index >= 15 is 0 Å². The first-order valence-corrected chi connectivity index (χ1v) is 7.51. The fourth-order valence-electron chi connectivity index (χ4n) is 3.32. The maximum atomic E-state index is 13.4. The van der Waals surface area contributed by atoms with Crippen molar-refractivity contribution in [3.05, 3.63) is 65.0 Å². The van der Waals surface area contributed by atoms with Gasteiger partial charge in [-0.05, 0) is 54.7 Å². The van der Waals surface area contributed by atoms with Crippen molar-refractivity contribution in [3.63, 3.8) is 0 Å². The molecule has 1 aliphatic rings. The van der Waals surface area contributed by atoms with Gasteiger partial charge in [-0.15, -0.1) is 0 Å². The molecule has 0 fully saturated rings. The molecule has 110 valence electrons. The van der Waals surface area contributed by atoms with Gasteiger partial charge < -0.3 is 10.6 Å². The standard InChI is InChI=1S/C18H21FN2/c1-13-11-15(19)8-9-16(13)18(12-20)21-10-4-6-14-5-2-3-7-17(14)21/h2-3,5,7-9,11,18H,4,6,10,12,20H2,1H3. The van der Waals surface area contributed by atoms with E-state index in [-0.39, 0.29) is 11.9 Å². The number of hydrogen-bond acceptors (Lipinski definition) is 2. The molecule has 21 heavy (non-hydrogen) atoms. The topological polar surface area (TPSA) is 29.3 Å². The number of halogens is 1. The lowest BCUT2D eigenvalue weighted by Gasteiger charge is -2.38. The van der Waals surface area contributed by atoms with Crippen LogP contribution >= 0.6 is 0 Å². The molecule has 2 aromatic carbocycles. The first-order valence-electron chi connectivity index (χ1n) is 7.51. The summed E-state index contributed by atoms with van der Waals surface area (Å²) < 4.78 is 13.4. The molecule has 0 aromatic heterocycles. The molecule has 0 saturated carbocycles. The van der Waals surface area contributed by atoms with Crippen LogP contribution in [0, 0.1) is 12.7 Å². The number of para-hydroxylation sites is 1. The van der Waals surface area contributed by atoms with Gasteiger partial charge in [-0.25, -0.2) is 4.39 Å². The minimum atomic E-state index is -0.189. The zero-order valence-corrected chi connectivity index (χ0v) is 12.3. The highest BCUT2D eigenvalue weighted by atomic mass is 19.1.